The van der Waals surface area contributed by atoms with E-state index in [1.165, 1.54) is 7.11 Å². The summed E-state index contributed by atoms with van der Waals surface area (Å²) in [7, 11) is 3.08. The molecule has 0 saturated carbocycles. The molecule has 2 unspecified atom stereocenters. The van der Waals surface area contributed by atoms with Crippen LogP contribution in [0.4, 0.5) is 0 Å². The summed E-state index contributed by atoms with van der Waals surface area (Å²) in [6.07, 6.45) is -0.136. The summed E-state index contributed by atoms with van der Waals surface area (Å²) in [6.45, 7) is 2.91. The Morgan fingerprint density at radius 3 is 2.81 bits per heavy atom. The van der Waals surface area contributed by atoms with Gasteiger partial charge in [0.2, 0.25) is 0 Å². The SMILES string of the molecule is COc1cccc(C(=O)N2CC(CCl)OCC2C)c1OC. The summed E-state index contributed by atoms with van der Waals surface area (Å²) in [5.41, 5.74) is 0.485. The number of nitrogens with zero attached hydrogens (tertiary/aromatic N) is 1. The van der Waals surface area contributed by atoms with Crippen molar-refractivity contribution in [2.75, 3.05) is 33.3 Å². The minimum Gasteiger partial charge on any atom is -0.493 e. The van der Waals surface area contributed by atoms with Crippen molar-refractivity contribution in [3.63, 3.8) is 0 Å². The lowest BCUT2D eigenvalue weighted by Gasteiger charge is -2.37. The minimum absolute atomic E-state index is 0.00660. The van der Waals surface area contributed by atoms with Gasteiger partial charge in [-0.3, -0.25) is 4.79 Å². The quantitative estimate of drug-likeness (QED) is 0.799. The number of alkyl halides is 1. The zero-order valence-corrected chi connectivity index (χ0v) is 13.2. The number of para-hydroxylation sites is 1. The molecule has 1 saturated heterocycles. The highest BCUT2D eigenvalue weighted by molar-refractivity contribution is 6.18. The second-order valence-corrected chi connectivity index (χ2v) is 5.27. The number of halogens is 1. The standard InChI is InChI=1S/C15H20ClNO4/c1-10-9-21-11(7-16)8-17(10)15(18)12-5-4-6-13(19-2)14(12)20-3/h4-6,10-11H,7-9H2,1-3H3. The predicted molar refractivity (Wildman–Crippen MR) is 80.5 cm³/mol. The largest absolute Gasteiger partial charge is 0.493 e. The molecule has 2 atom stereocenters. The van der Waals surface area contributed by atoms with Gasteiger partial charge < -0.3 is 19.1 Å². The van der Waals surface area contributed by atoms with E-state index in [4.69, 9.17) is 25.8 Å². The van der Waals surface area contributed by atoms with E-state index in [-0.39, 0.29) is 18.1 Å². The molecule has 1 amide bonds. The summed E-state index contributed by atoms with van der Waals surface area (Å²) in [4.78, 5) is 14.6. The smallest absolute Gasteiger partial charge is 0.258 e. The molecular weight excluding hydrogens is 294 g/mol. The average Bonchev–Trinajstić information content (AvgIpc) is 2.53. The average molecular weight is 314 g/mol. The van der Waals surface area contributed by atoms with Crippen molar-refractivity contribution in [2.45, 2.75) is 19.1 Å². The zero-order valence-electron chi connectivity index (χ0n) is 12.5. The first-order valence-corrected chi connectivity index (χ1v) is 7.35. The maximum absolute atomic E-state index is 12.8. The van der Waals surface area contributed by atoms with Crippen LogP contribution in [0.3, 0.4) is 0 Å². The molecule has 0 bridgehead atoms. The Hall–Kier alpha value is -1.46. The molecule has 2 rings (SSSR count). The van der Waals surface area contributed by atoms with Crippen LogP contribution in [-0.4, -0.2) is 56.2 Å². The number of methoxy groups -OCH3 is 2. The number of morpholine rings is 1. The summed E-state index contributed by atoms with van der Waals surface area (Å²) < 4.78 is 16.2. The summed E-state index contributed by atoms with van der Waals surface area (Å²) in [6, 6.07) is 5.27. The highest BCUT2D eigenvalue weighted by Crippen LogP contribution is 2.32. The summed E-state index contributed by atoms with van der Waals surface area (Å²) >= 11 is 5.84. The second-order valence-electron chi connectivity index (χ2n) is 4.96. The van der Waals surface area contributed by atoms with Crippen molar-refractivity contribution < 1.29 is 19.0 Å². The molecule has 0 N–H and O–H groups in total. The van der Waals surface area contributed by atoms with Gasteiger partial charge in [0.05, 0.1) is 44.4 Å². The lowest BCUT2D eigenvalue weighted by molar-refractivity contribution is -0.0372. The van der Waals surface area contributed by atoms with Crippen LogP contribution in [0.5, 0.6) is 11.5 Å². The third kappa shape index (κ3) is 3.24. The van der Waals surface area contributed by atoms with Gasteiger partial charge in [-0.15, -0.1) is 11.6 Å². The first kappa shape index (κ1) is 15.9. The number of carbonyl (C=O) groups excluding carboxylic acids is 1. The number of rotatable bonds is 4. The molecule has 0 aromatic heterocycles. The van der Waals surface area contributed by atoms with Crippen LogP contribution < -0.4 is 9.47 Å². The zero-order chi connectivity index (χ0) is 15.4. The van der Waals surface area contributed by atoms with Gasteiger partial charge in [0.1, 0.15) is 0 Å². The highest BCUT2D eigenvalue weighted by Gasteiger charge is 2.31. The second kappa shape index (κ2) is 7.00. The van der Waals surface area contributed by atoms with Gasteiger partial charge in [0.15, 0.2) is 11.5 Å². The molecule has 1 aromatic carbocycles. The fourth-order valence-electron chi connectivity index (χ4n) is 2.40. The monoisotopic (exact) mass is 313 g/mol. The summed E-state index contributed by atoms with van der Waals surface area (Å²) in [5.74, 6) is 1.26. The van der Waals surface area contributed by atoms with E-state index >= 15 is 0 Å². The van der Waals surface area contributed by atoms with Crippen LogP contribution in [-0.2, 0) is 4.74 Å². The molecule has 6 heteroatoms. The Morgan fingerprint density at radius 2 is 2.19 bits per heavy atom. The van der Waals surface area contributed by atoms with Gasteiger partial charge >= 0.3 is 0 Å². The van der Waals surface area contributed by atoms with Crippen LogP contribution in [0.25, 0.3) is 0 Å². The number of hydrogen-bond donors (Lipinski definition) is 0. The van der Waals surface area contributed by atoms with Crippen molar-refractivity contribution in [3.8, 4) is 11.5 Å². The third-order valence-corrected chi connectivity index (χ3v) is 3.92. The molecule has 1 fully saturated rings. The molecule has 1 aliphatic rings. The first-order chi connectivity index (χ1) is 10.1. The molecule has 21 heavy (non-hydrogen) atoms. The number of hydrogen-bond acceptors (Lipinski definition) is 4. The van der Waals surface area contributed by atoms with Gasteiger partial charge in [-0.1, -0.05) is 6.07 Å². The van der Waals surface area contributed by atoms with Crippen LogP contribution in [0.15, 0.2) is 18.2 Å². The lowest BCUT2D eigenvalue weighted by Crippen LogP contribution is -2.51. The van der Waals surface area contributed by atoms with E-state index in [0.29, 0.717) is 36.1 Å². The molecule has 0 radical (unpaired) electrons. The number of benzene rings is 1. The van der Waals surface area contributed by atoms with Gasteiger partial charge in [-0.2, -0.15) is 0 Å². The van der Waals surface area contributed by atoms with Crippen molar-refractivity contribution in [2.24, 2.45) is 0 Å². The Balaban J connectivity index is 2.30. The van der Waals surface area contributed by atoms with Gasteiger partial charge in [-0.25, -0.2) is 0 Å². The lowest BCUT2D eigenvalue weighted by atomic mass is 10.1. The van der Waals surface area contributed by atoms with E-state index in [0.717, 1.165) is 0 Å². The maximum Gasteiger partial charge on any atom is 0.258 e. The van der Waals surface area contributed by atoms with E-state index in [9.17, 15) is 4.79 Å². The Bertz CT molecular complexity index is 508. The molecule has 5 nitrogen and oxygen atoms in total. The first-order valence-electron chi connectivity index (χ1n) is 6.81. The Labute approximate surface area is 129 Å². The van der Waals surface area contributed by atoms with Crippen LogP contribution >= 0.6 is 11.6 Å². The molecule has 116 valence electrons. The summed E-state index contributed by atoms with van der Waals surface area (Å²) in [5, 5.41) is 0. The van der Waals surface area contributed by atoms with Gasteiger partial charge in [-0.05, 0) is 19.1 Å². The van der Waals surface area contributed by atoms with E-state index in [1.807, 2.05) is 6.92 Å². The van der Waals surface area contributed by atoms with E-state index in [1.54, 1.807) is 30.2 Å². The van der Waals surface area contributed by atoms with Crippen molar-refractivity contribution >= 4 is 17.5 Å². The topological polar surface area (TPSA) is 48.0 Å². The molecule has 1 heterocycles. The molecule has 0 aliphatic carbocycles. The van der Waals surface area contributed by atoms with Crippen LogP contribution in [0.2, 0.25) is 0 Å². The Kier molecular flexibility index (Phi) is 5.31. The van der Waals surface area contributed by atoms with Crippen LogP contribution in [0.1, 0.15) is 17.3 Å². The van der Waals surface area contributed by atoms with Crippen molar-refractivity contribution in [3.05, 3.63) is 23.8 Å². The number of amides is 1. The third-order valence-electron chi connectivity index (χ3n) is 3.57. The highest BCUT2D eigenvalue weighted by atomic mass is 35.5. The van der Waals surface area contributed by atoms with Crippen molar-refractivity contribution in [1.82, 2.24) is 4.90 Å². The maximum atomic E-state index is 12.8. The molecule has 0 spiro atoms. The number of carbonyl (C=O) groups is 1. The molecule has 1 aromatic rings. The number of ether oxygens (including phenoxy) is 3. The van der Waals surface area contributed by atoms with E-state index < -0.39 is 0 Å². The van der Waals surface area contributed by atoms with Crippen LogP contribution in [0, 0.1) is 0 Å². The fraction of sp³-hybridized carbons (Fsp3) is 0.533. The fourth-order valence-corrected chi connectivity index (χ4v) is 2.59. The molecule has 1 aliphatic heterocycles. The van der Waals surface area contributed by atoms with Gasteiger partial charge in [0.25, 0.3) is 5.91 Å². The predicted octanol–water partition coefficient (Wildman–Crippen LogP) is 2.17. The minimum atomic E-state index is -0.136. The van der Waals surface area contributed by atoms with Gasteiger partial charge in [0, 0.05) is 6.54 Å². The van der Waals surface area contributed by atoms with E-state index in [2.05, 4.69) is 0 Å². The Morgan fingerprint density at radius 1 is 1.43 bits per heavy atom. The normalized spacial score (nSPS) is 22.0. The van der Waals surface area contributed by atoms with Crippen molar-refractivity contribution in [1.29, 1.82) is 0 Å². The molecular formula is C15H20ClNO4.